The molecule has 0 saturated carbocycles. The summed E-state index contributed by atoms with van der Waals surface area (Å²) in [4.78, 5) is 29.9. The fourth-order valence-corrected chi connectivity index (χ4v) is 4.42. The highest BCUT2D eigenvalue weighted by Crippen LogP contribution is 2.25. The number of carbonyl (C=O) groups excluding carboxylic acids is 2. The molecule has 30 heavy (non-hydrogen) atoms. The van der Waals surface area contributed by atoms with Crippen LogP contribution in [0.2, 0.25) is 0 Å². The number of para-hydroxylation sites is 2. The molecule has 2 aromatic carbocycles. The van der Waals surface area contributed by atoms with Crippen LogP contribution in [0, 0.1) is 0 Å². The first-order valence-electron chi connectivity index (χ1n) is 10.6. The van der Waals surface area contributed by atoms with E-state index in [9.17, 15) is 9.59 Å². The van der Waals surface area contributed by atoms with Crippen molar-refractivity contribution in [2.45, 2.75) is 45.2 Å². The Morgan fingerprint density at radius 2 is 1.93 bits per heavy atom. The molecule has 1 aromatic heterocycles. The van der Waals surface area contributed by atoms with Gasteiger partial charge in [-0.05, 0) is 48.6 Å². The summed E-state index contributed by atoms with van der Waals surface area (Å²) in [5.74, 6) is -0.335. The van der Waals surface area contributed by atoms with Crippen molar-refractivity contribution in [3.05, 3.63) is 65.4 Å². The predicted molar refractivity (Wildman–Crippen MR) is 119 cm³/mol. The average molecular weight is 405 g/mol. The summed E-state index contributed by atoms with van der Waals surface area (Å²) in [6.07, 6.45) is 4.93. The smallest absolute Gasteiger partial charge is 0.234 e. The highest BCUT2D eigenvalue weighted by molar-refractivity contribution is 5.96. The summed E-state index contributed by atoms with van der Waals surface area (Å²) in [5.41, 5.74) is 10.7. The van der Waals surface area contributed by atoms with E-state index in [0.717, 1.165) is 53.5 Å². The fourth-order valence-electron chi connectivity index (χ4n) is 4.42. The van der Waals surface area contributed by atoms with Gasteiger partial charge in [0.15, 0.2) is 0 Å². The van der Waals surface area contributed by atoms with Crippen LogP contribution in [-0.2, 0) is 29.0 Å². The van der Waals surface area contributed by atoms with Gasteiger partial charge in [-0.25, -0.2) is 0 Å². The lowest BCUT2D eigenvalue weighted by Crippen LogP contribution is -2.39. The van der Waals surface area contributed by atoms with Crippen LogP contribution in [0.5, 0.6) is 0 Å². The lowest BCUT2D eigenvalue weighted by atomic mass is 10.1. The van der Waals surface area contributed by atoms with E-state index in [-0.39, 0.29) is 17.9 Å². The van der Waals surface area contributed by atoms with E-state index < -0.39 is 0 Å². The number of anilines is 1. The van der Waals surface area contributed by atoms with Crippen LogP contribution in [0.1, 0.15) is 36.5 Å². The summed E-state index contributed by atoms with van der Waals surface area (Å²) in [7, 11) is 0. The SMILES string of the molecule is CCc1cccc2c(CC(=O)Nc3ccccc3CN3CCCC3C(N)=O)c[nH]c12. The van der Waals surface area contributed by atoms with Crippen LogP contribution in [0.15, 0.2) is 48.7 Å². The molecule has 1 unspecified atom stereocenters. The number of benzene rings is 2. The molecule has 1 aliphatic heterocycles. The van der Waals surface area contributed by atoms with Gasteiger partial charge in [0.05, 0.1) is 12.5 Å². The maximum Gasteiger partial charge on any atom is 0.234 e. The number of hydrogen-bond donors (Lipinski definition) is 3. The Morgan fingerprint density at radius 3 is 2.73 bits per heavy atom. The zero-order valence-corrected chi connectivity index (χ0v) is 17.3. The van der Waals surface area contributed by atoms with Gasteiger partial charge in [0, 0.05) is 29.3 Å². The Morgan fingerprint density at radius 1 is 1.13 bits per heavy atom. The molecule has 1 aliphatic rings. The third kappa shape index (κ3) is 4.09. The van der Waals surface area contributed by atoms with Crippen molar-refractivity contribution in [3.63, 3.8) is 0 Å². The van der Waals surface area contributed by atoms with Crippen molar-refractivity contribution in [1.29, 1.82) is 0 Å². The summed E-state index contributed by atoms with van der Waals surface area (Å²) in [5, 5.41) is 4.16. The number of nitrogens with two attached hydrogens (primary N) is 1. The molecular weight excluding hydrogens is 376 g/mol. The molecule has 0 spiro atoms. The van der Waals surface area contributed by atoms with Gasteiger partial charge in [0.25, 0.3) is 0 Å². The lowest BCUT2D eigenvalue weighted by molar-refractivity contribution is -0.122. The number of nitrogens with one attached hydrogen (secondary N) is 2. The van der Waals surface area contributed by atoms with Gasteiger partial charge in [-0.15, -0.1) is 0 Å². The van der Waals surface area contributed by atoms with E-state index in [1.54, 1.807) is 0 Å². The van der Waals surface area contributed by atoms with Gasteiger partial charge in [-0.3, -0.25) is 14.5 Å². The summed E-state index contributed by atoms with van der Waals surface area (Å²) >= 11 is 0. The van der Waals surface area contributed by atoms with E-state index in [4.69, 9.17) is 5.73 Å². The Balaban J connectivity index is 1.49. The highest BCUT2D eigenvalue weighted by Gasteiger charge is 2.29. The first-order valence-corrected chi connectivity index (χ1v) is 10.6. The largest absolute Gasteiger partial charge is 0.368 e. The minimum atomic E-state index is -0.278. The molecule has 0 radical (unpaired) electrons. The number of amides is 2. The molecule has 6 heteroatoms. The van der Waals surface area contributed by atoms with Crippen molar-refractivity contribution in [3.8, 4) is 0 Å². The molecule has 4 rings (SSSR count). The number of nitrogens with zero attached hydrogens (tertiary/aromatic N) is 1. The van der Waals surface area contributed by atoms with Crippen LogP contribution in [0.3, 0.4) is 0 Å². The molecule has 1 atom stereocenters. The molecule has 3 aromatic rings. The minimum Gasteiger partial charge on any atom is -0.368 e. The van der Waals surface area contributed by atoms with Gasteiger partial charge in [0.2, 0.25) is 11.8 Å². The van der Waals surface area contributed by atoms with E-state index >= 15 is 0 Å². The summed E-state index contributed by atoms with van der Waals surface area (Å²) in [6, 6.07) is 13.7. The topological polar surface area (TPSA) is 91.2 Å². The maximum absolute atomic E-state index is 12.8. The number of aryl methyl sites for hydroxylation is 1. The van der Waals surface area contributed by atoms with Crippen LogP contribution < -0.4 is 11.1 Å². The zero-order chi connectivity index (χ0) is 21.1. The number of hydrogen-bond acceptors (Lipinski definition) is 3. The second-order valence-corrected chi connectivity index (χ2v) is 7.92. The van der Waals surface area contributed by atoms with E-state index in [2.05, 4.69) is 34.3 Å². The Bertz CT molecular complexity index is 1070. The normalized spacial score (nSPS) is 16.8. The summed E-state index contributed by atoms with van der Waals surface area (Å²) in [6.45, 7) is 3.56. The van der Waals surface area contributed by atoms with Crippen molar-refractivity contribution in [2.24, 2.45) is 5.73 Å². The number of H-pyrrole nitrogens is 1. The van der Waals surface area contributed by atoms with Gasteiger partial charge < -0.3 is 16.0 Å². The number of fused-ring (bicyclic) bond motifs is 1. The van der Waals surface area contributed by atoms with Crippen LogP contribution in [0.4, 0.5) is 5.69 Å². The van der Waals surface area contributed by atoms with Gasteiger partial charge in [0.1, 0.15) is 0 Å². The fraction of sp³-hybridized carbons (Fsp3) is 0.333. The molecule has 1 fully saturated rings. The maximum atomic E-state index is 12.8. The molecule has 156 valence electrons. The monoisotopic (exact) mass is 404 g/mol. The zero-order valence-electron chi connectivity index (χ0n) is 17.3. The molecular formula is C24H28N4O2. The van der Waals surface area contributed by atoms with Gasteiger partial charge in [-0.2, -0.15) is 0 Å². The second kappa shape index (κ2) is 8.71. The molecule has 4 N–H and O–H groups in total. The van der Waals surface area contributed by atoms with E-state index in [0.29, 0.717) is 13.0 Å². The van der Waals surface area contributed by atoms with Crippen LogP contribution >= 0.6 is 0 Å². The molecule has 1 saturated heterocycles. The standard InChI is InChI=1S/C24H28N4O2/c1-2-16-8-5-9-19-18(14-26-23(16)19)13-22(29)27-20-10-4-3-7-17(20)15-28-12-6-11-21(28)24(25)30/h3-5,7-10,14,21,26H,2,6,11-13,15H2,1H3,(H2,25,30)(H,27,29). The third-order valence-electron chi connectivity index (χ3n) is 5.98. The second-order valence-electron chi connectivity index (χ2n) is 7.92. The molecule has 6 nitrogen and oxygen atoms in total. The van der Waals surface area contributed by atoms with Crippen LogP contribution in [0.25, 0.3) is 10.9 Å². The number of rotatable bonds is 7. The molecule has 0 aliphatic carbocycles. The van der Waals surface area contributed by atoms with Crippen molar-refractivity contribution in [1.82, 2.24) is 9.88 Å². The third-order valence-corrected chi connectivity index (χ3v) is 5.98. The van der Waals surface area contributed by atoms with E-state index in [1.165, 1.54) is 5.56 Å². The van der Waals surface area contributed by atoms with Crippen LogP contribution in [-0.4, -0.2) is 34.3 Å². The lowest BCUT2D eigenvalue weighted by Gasteiger charge is -2.23. The van der Waals surface area contributed by atoms with E-state index in [1.807, 2.05) is 36.5 Å². The summed E-state index contributed by atoms with van der Waals surface area (Å²) < 4.78 is 0. The van der Waals surface area contributed by atoms with Gasteiger partial charge >= 0.3 is 0 Å². The number of aromatic amines is 1. The highest BCUT2D eigenvalue weighted by atomic mass is 16.2. The molecule has 0 bridgehead atoms. The Labute approximate surface area is 176 Å². The Hall–Kier alpha value is -3.12. The van der Waals surface area contributed by atoms with Crippen molar-refractivity contribution < 1.29 is 9.59 Å². The average Bonchev–Trinajstić information content (AvgIpc) is 3.36. The number of primary amides is 1. The minimum absolute atomic E-state index is 0.0573. The Kier molecular flexibility index (Phi) is 5.86. The number of carbonyl (C=O) groups is 2. The first-order chi connectivity index (χ1) is 14.6. The molecule has 2 amide bonds. The quantitative estimate of drug-likeness (QED) is 0.564. The molecule has 2 heterocycles. The predicted octanol–water partition coefficient (Wildman–Crippen LogP) is 3.36. The number of aromatic nitrogens is 1. The van der Waals surface area contributed by atoms with Crippen molar-refractivity contribution >= 4 is 28.4 Å². The number of likely N-dealkylation sites (tertiary alicyclic amines) is 1. The van der Waals surface area contributed by atoms with Crippen molar-refractivity contribution in [2.75, 3.05) is 11.9 Å². The first kappa shape index (κ1) is 20.2. The van der Waals surface area contributed by atoms with Gasteiger partial charge in [-0.1, -0.05) is 43.3 Å².